The summed E-state index contributed by atoms with van der Waals surface area (Å²) < 4.78 is 0. The van der Waals surface area contributed by atoms with Gasteiger partial charge in [0.05, 0.1) is 0 Å². The van der Waals surface area contributed by atoms with Gasteiger partial charge in [-0.1, -0.05) is 11.8 Å². The van der Waals surface area contributed by atoms with Gasteiger partial charge in [0.25, 0.3) is 0 Å². The van der Waals surface area contributed by atoms with Crippen molar-refractivity contribution in [2.45, 2.75) is 61.1 Å². The Balaban J connectivity index is 2.57. The maximum absolute atomic E-state index is 2.34. The summed E-state index contributed by atoms with van der Waals surface area (Å²) in [5.41, 5.74) is 8.44. The van der Waals surface area contributed by atoms with Gasteiger partial charge in [-0.2, -0.15) is 0 Å². The van der Waals surface area contributed by atoms with E-state index in [9.17, 15) is 0 Å². The molecule has 0 aliphatic carbocycles. The SMILES string of the molecule is CSc1cc(C)c(Sc2c(C)cc(SC)c(C)c2C)c(C)c1C. The molecule has 0 bridgehead atoms. The van der Waals surface area contributed by atoms with Gasteiger partial charge in [0.2, 0.25) is 0 Å². The molecular formula is C20H26S3. The van der Waals surface area contributed by atoms with E-state index in [1.165, 1.54) is 53.0 Å². The molecule has 0 aromatic heterocycles. The molecule has 124 valence electrons. The van der Waals surface area contributed by atoms with Gasteiger partial charge < -0.3 is 0 Å². The topological polar surface area (TPSA) is 0 Å². The van der Waals surface area contributed by atoms with Gasteiger partial charge in [0.1, 0.15) is 0 Å². The fourth-order valence-corrected chi connectivity index (χ4v) is 5.65. The van der Waals surface area contributed by atoms with E-state index in [0.717, 1.165) is 0 Å². The van der Waals surface area contributed by atoms with Gasteiger partial charge in [-0.15, -0.1) is 23.5 Å². The van der Waals surface area contributed by atoms with Crippen LogP contribution in [0.1, 0.15) is 33.4 Å². The van der Waals surface area contributed by atoms with E-state index in [-0.39, 0.29) is 0 Å². The van der Waals surface area contributed by atoms with Crippen molar-refractivity contribution in [3.63, 3.8) is 0 Å². The zero-order chi connectivity index (χ0) is 17.3. The standard InChI is InChI=1S/C20H26S3/c1-11-9-17(21-7)13(3)15(5)19(11)23-20-12(2)10-18(22-8)14(4)16(20)6/h9-10H,1-8H3. The highest BCUT2D eigenvalue weighted by Gasteiger charge is 2.16. The van der Waals surface area contributed by atoms with E-state index in [4.69, 9.17) is 0 Å². The largest absolute Gasteiger partial charge is 0.129 e. The molecule has 0 heterocycles. The third-order valence-corrected chi connectivity index (χ3v) is 7.99. The Morgan fingerprint density at radius 1 is 0.565 bits per heavy atom. The van der Waals surface area contributed by atoms with E-state index < -0.39 is 0 Å². The van der Waals surface area contributed by atoms with Crippen molar-refractivity contribution in [3.05, 3.63) is 45.5 Å². The van der Waals surface area contributed by atoms with Crippen molar-refractivity contribution >= 4 is 35.3 Å². The summed E-state index contributed by atoms with van der Waals surface area (Å²) in [6, 6.07) is 4.67. The predicted molar refractivity (Wildman–Crippen MR) is 109 cm³/mol. The van der Waals surface area contributed by atoms with Crippen LogP contribution in [-0.2, 0) is 0 Å². The summed E-state index contributed by atoms with van der Waals surface area (Å²) in [5.74, 6) is 0. The fourth-order valence-electron chi connectivity index (χ4n) is 2.88. The van der Waals surface area contributed by atoms with Crippen molar-refractivity contribution in [2.75, 3.05) is 12.5 Å². The Hall–Kier alpha value is -0.510. The molecule has 0 aliphatic heterocycles. The fraction of sp³-hybridized carbons (Fsp3) is 0.400. The summed E-state index contributed by atoms with van der Waals surface area (Å²) in [5, 5.41) is 0. The lowest BCUT2D eigenvalue weighted by atomic mass is 10.1. The van der Waals surface area contributed by atoms with E-state index in [1.807, 2.05) is 35.3 Å². The monoisotopic (exact) mass is 362 g/mol. The van der Waals surface area contributed by atoms with E-state index in [1.54, 1.807) is 0 Å². The third kappa shape index (κ3) is 3.62. The number of benzene rings is 2. The molecule has 0 nitrogen and oxygen atoms in total. The van der Waals surface area contributed by atoms with Crippen molar-refractivity contribution in [1.29, 1.82) is 0 Å². The second-order valence-electron chi connectivity index (χ2n) is 6.05. The minimum atomic E-state index is 1.38. The van der Waals surface area contributed by atoms with Gasteiger partial charge in [0.15, 0.2) is 0 Å². The Morgan fingerprint density at radius 3 is 1.22 bits per heavy atom. The molecule has 0 saturated carbocycles. The molecule has 0 spiro atoms. The molecule has 23 heavy (non-hydrogen) atoms. The highest BCUT2D eigenvalue weighted by Crippen LogP contribution is 2.42. The number of rotatable bonds is 4. The van der Waals surface area contributed by atoms with Crippen LogP contribution in [0.4, 0.5) is 0 Å². The zero-order valence-electron chi connectivity index (χ0n) is 15.4. The molecule has 0 atom stereocenters. The average Bonchev–Trinajstić information content (AvgIpc) is 2.53. The van der Waals surface area contributed by atoms with Crippen molar-refractivity contribution in [1.82, 2.24) is 0 Å². The molecule has 3 heteroatoms. The molecule has 0 fully saturated rings. The van der Waals surface area contributed by atoms with Crippen LogP contribution in [0.2, 0.25) is 0 Å². The van der Waals surface area contributed by atoms with Crippen LogP contribution in [0.25, 0.3) is 0 Å². The van der Waals surface area contributed by atoms with Crippen molar-refractivity contribution < 1.29 is 0 Å². The highest BCUT2D eigenvalue weighted by atomic mass is 32.2. The molecule has 0 aliphatic rings. The van der Waals surface area contributed by atoms with E-state index >= 15 is 0 Å². The summed E-state index contributed by atoms with van der Waals surface area (Å²) in [6.07, 6.45) is 4.32. The molecule has 2 aromatic rings. The van der Waals surface area contributed by atoms with E-state index in [0.29, 0.717) is 0 Å². The van der Waals surface area contributed by atoms with Gasteiger partial charge in [-0.05, 0) is 99.6 Å². The first kappa shape index (κ1) is 18.8. The second kappa shape index (κ2) is 7.58. The molecule has 2 rings (SSSR count). The zero-order valence-corrected chi connectivity index (χ0v) is 17.8. The van der Waals surface area contributed by atoms with E-state index in [2.05, 4.69) is 66.2 Å². The van der Waals surface area contributed by atoms with Crippen molar-refractivity contribution in [2.24, 2.45) is 0 Å². The van der Waals surface area contributed by atoms with Gasteiger partial charge in [0, 0.05) is 19.6 Å². The lowest BCUT2D eigenvalue weighted by molar-refractivity contribution is 1.08. The minimum absolute atomic E-state index is 1.38. The highest BCUT2D eigenvalue weighted by molar-refractivity contribution is 8.00. The molecule has 0 N–H and O–H groups in total. The number of hydrogen-bond acceptors (Lipinski definition) is 3. The Morgan fingerprint density at radius 2 is 0.913 bits per heavy atom. The number of thioether (sulfide) groups is 2. The van der Waals surface area contributed by atoms with Crippen LogP contribution in [0, 0.1) is 41.5 Å². The van der Waals surface area contributed by atoms with Gasteiger partial charge in [-0.25, -0.2) is 0 Å². The Labute approximate surface area is 154 Å². The molecule has 0 radical (unpaired) electrons. The Bertz CT molecular complexity index is 682. The molecule has 2 aromatic carbocycles. The Kier molecular flexibility index (Phi) is 6.21. The van der Waals surface area contributed by atoms with Crippen LogP contribution in [-0.4, -0.2) is 12.5 Å². The van der Waals surface area contributed by atoms with Crippen LogP contribution in [0.15, 0.2) is 31.7 Å². The summed E-state index contributed by atoms with van der Waals surface area (Å²) in [6.45, 7) is 13.5. The van der Waals surface area contributed by atoms with Crippen LogP contribution < -0.4 is 0 Å². The first-order chi connectivity index (χ1) is 10.8. The molecule has 0 amide bonds. The average molecular weight is 363 g/mol. The van der Waals surface area contributed by atoms with Crippen LogP contribution in [0.3, 0.4) is 0 Å². The second-order valence-corrected chi connectivity index (χ2v) is 8.77. The summed E-state index contributed by atoms with van der Waals surface area (Å²) >= 11 is 5.62. The first-order valence-corrected chi connectivity index (χ1v) is 11.1. The lowest BCUT2D eigenvalue weighted by Gasteiger charge is -2.19. The predicted octanol–water partition coefficient (Wildman–Crippen LogP) is 7.13. The number of hydrogen-bond donors (Lipinski definition) is 0. The first-order valence-electron chi connectivity index (χ1n) is 7.79. The maximum Gasteiger partial charge on any atom is 0.0184 e. The smallest absolute Gasteiger partial charge is 0.0184 e. The minimum Gasteiger partial charge on any atom is -0.129 e. The lowest BCUT2D eigenvalue weighted by Crippen LogP contribution is -1.96. The molecule has 0 unspecified atom stereocenters. The van der Waals surface area contributed by atoms with Crippen LogP contribution >= 0.6 is 35.3 Å². The van der Waals surface area contributed by atoms with Crippen LogP contribution in [0.5, 0.6) is 0 Å². The quantitative estimate of drug-likeness (QED) is 0.531. The normalized spacial score (nSPS) is 11.1. The van der Waals surface area contributed by atoms with Gasteiger partial charge >= 0.3 is 0 Å². The summed E-state index contributed by atoms with van der Waals surface area (Å²) in [4.78, 5) is 5.63. The van der Waals surface area contributed by atoms with Crippen molar-refractivity contribution in [3.8, 4) is 0 Å². The third-order valence-electron chi connectivity index (χ3n) is 4.60. The molecular weight excluding hydrogens is 336 g/mol. The maximum atomic E-state index is 2.34. The summed E-state index contributed by atoms with van der Waals surface area (Å²) in [7, 11) is 0. The molecule has 0 saturated heterocycles. The van der Waals surface area contributed by atoms with Gasteiger partial charge in [-0.3, -0.25) is 0 Å². The number of aryl methyl sites for hydroxylation is 2.